The monoisotopic (exact) mass is 217 g/mol. The van der Waals surface area contributed by atoms with Crippen LogP contribution in [0.4, 0.5) is 0 Å². The molecule has 0 radical (unpaired) electrons. The van der Waals surface area contributed by atoms with Crippen LogP contribution in [-0.2, 0) is 6.42 Å². The normalized spacial score (nSPS) is 11.9. The van der Waals surface area contributed by atoms with Gasteiger partial charge in [-0.05, 0) is 6.42 Å². The molecule has 0 amide bonds. The number of aliphatic hydroxyl groups is 3. The predicted octanol–water partition coefficient (Wildman–Crippen LogP) is 0.0390. The summed E-state index contributed by atoms with van der Waals surface area (Å²) in [5.41, 5.74) is -0.772. The molecule has 0 atom stereocenters. The van der Waals surface area contributed by atoms with Gasteiger partial charge < -0.3 is 15.3 Å². The third kappa shape index (κ3) is 2.75. The first kappa shape index (κ1) is 11.6. The SMILES string of the molecule is OCC(CO)(CO)CCc1nccs1. The van der Waals surface area contributed by atoms with Gasteiger partial charge in [0.05, 0.1) is 24.8 Å². The molecule has 3 N–H and O–H groups in total. The standard InChI is InChI=1S/C9H15NO3S/c11-5-9(6-12,7-13)2-1-8-10-3-4-14-8/h3-4,11-13H,1-2,5-7H2. The van der Waals surface area contributed by atoms with E-state index in [4.69, 9.17) is 15.3 Å². The van der Waals surface area contributed by atoms with Gasteiger partial charge in [-0.3, -0.25) is 0 Å². The predicted molar refractivity (Wildman–Crippen MR) is 54.1 cm³/mol. The van der Waals surface area contributed by atoms with E-state index >= 15 is 0 Å². The van der Waals surface area contributed by atoms with E-state index in [-0.39, 0.29) is 19.8 Å². The number of aryl methyl sites for hydroxylation is 1. The molecule has 80 valence electrons. The number of aromatic nitrogens is 1. The minimum Gasteiger partial charge on any atom is -0.396 e. The molecule has 0 aliphatic carbocycles. The number of hydrogen-bond donors (Lipinski definition) is 3. The van der Waals surface area contributed by atoms with Gasteiger partial charge in [0.15, 0.2) is 0 Å². The molecule has 4 nitrogen and oxygen atoms in total. The molecule has 0 spiro atoms. The highest BCUT2D eigenvalue weighted by Crippen LogP contribution is 2.23. The van der Waals surface area contributed by atoms with E-state index in [1.165, 1.54) is 11.3 Å². The van der Waals surface area contributed by atoms with Gasteiger partial charge in [0.25, 0.3) is 0 Å². The summed E-state index contributed by atoms with van der Waals surface area (Å²) in [5.74, 6) is 0. The molecule has 1 aromatic heterocycles. The summed E-state index contributed by atoms with van der Waals surface area (Å²) in [5, 5.41) is 30.0. The summed E-state index contributed by atoms with van der Waals surface area (Å²) < 4.78 is 0. The van der Waals surface area contributed by atoms with E-state index in [1.807, 2.05) is 5.38 Å². The van der Waals surface area contributed by atoms with Crippen molar-refractivity contribution in [2.24, 2.45) is 5.41 Å². The highest BCUT2D eigenvalue weighted by Gasteiger charge is 2.27. The quantitative estimate of drug-likeness (QED) is 0.629. The lowest BCUT2D eigenvalue weighted by molar-refractivity contribution is -0.000272. The minimum absolute atomic E-state index is 0.203. The average Bonchev–Trinajstić information content (AvgIpc) is 2.74. The van der Waals surface area contributed by atoms with Gasteiger partial charge in [-0.25, -0.2) is 4.98 Å². The molecule has 0 saturated carbocycles. The first-order valence-corrected chi connectivity index (χ1v) is 5.35. The van der Waals surface area contributed by atoms with E-state index in [0.29, 0.717) is 12.8 Å². The highest BCUT2D eigenvalue weighted by atomic mass is 32.1. The molecule has 5 heteroatoms. The molecule has 0 aliphatic rings. The summed E-state index contributed by atoms with van der Waals surface area (Å²) in [6.07, 6.45) is 2.95. The second kappa shape index (κ2) is 5.41. The van der Waals surface area contributed by atoms with Crippen molar-refractivity contribution in [1.29, 1.82) is 0 Å². The van der Waals surface area contributed by atoms with Crippen molar-refractivity contribution in [3.05, 3.63) is 16.6 Å². The summed E-state index contributed by atoms with van der Waals surface area (Å²) >= 11 is 1.54. The molecule has 0 aliphatic heterocycles. The van der Waals surface area contributed by atoms with Crippen LogP contribution in [0.1, 0.15) is 11.4 Å². The topological polar surface area (TPSA) is 73.6 Å². The summed E-state index contributed by atoms with van der Waals surface area (Å²) in [7, 11) is 0. The van der Waals surface area contributed by atoms with Crippen LogP contribution in [0.5, 0.6) is 0 Å². The van der Waals surface area contributed by atoms with Crippen LogP contribution >= 0.6 is 11.3 Å². The van der Waals surface area contributed by atoms with Crippen LogP contribution in [-0.4, -0.2) is 40.1 Å². The minimum atomic E-state index is -0.772. The van der Waals surface area contributed by atoms with Crippen LogP contribution in [0.15, 0.2) is 11.6 Å². The third-order valence-electron chi connectivity index (χ3n) is 2.36. The molecule has 0 unspecified atom stereocenters. The molecular formula is C9H15NO3S. The van der Waals surface area contributed by atoms with Crippen molar-refractivity contribution in [3.8, 4) is 0 Å². The maximum absolute atomic E-state index is 9.07. The van der Waals surface area contributed by atoms with Crippen LogP contribution in [0.25, 0.3) is 0 Å². The molecule has 1 heterocycles. The molecule has 1 rings (SSSR count). The van der Waals surface area contributed by atoms with Gasteiger partial charge in [0.2, 0.25) is 0 Å². The zero-order valence-electron chi connectivity index (χ0n) is 7.89. The van der Waals surface area contributed by atoms with Crippen molar-refractivity contribution >= 4 is 11.3 Å². The Hall–Kier alpha value is -0.490. The van der Waals surface area contributed by atoms with Crippen molar-refractivity contribution in [2.75, 3.05) is 19.8 Å². The van der Waals surface area contributed by atoms with Crippen LogP contribution in [0, 0.1) is 5.41 Å². The Morgan fingerprint density at radius 3 is 2.29 bits per heavy atom. The Morgan fingerprint density at radius 1 is 1.21 bits per heavy atom. The Morgan fingerprint density at radius 2 is 1.86 bits per heavy atom. The Bertz CT molecular complexity index is 238. The molecule has 14 heavy (non-hydrogen) atoms. The van der Waals surface area contributed by atoms with E-state index in [2.05, 4.69) is 4.98 Å². The first-order valence-electron chi connectivity index (χ1n) is 4.47. The van der Waals surface area contributed by atoms with Gasteiger partial charge in [0.1, 0.15) is 0 Å². The molecule has 0 saturated heterocycles. The fourth-order valence-corrected chi connectivity index (χ4v) is 1.76. The Kier molecular flexibility index (Phi) is 4.47. The lowest BCUT2D eigenvalue weighted by Gasteiger charge is -2.26. The summed E-state index contributed by atoms with van der Waals surface area (Å²) in [6, 6.07) is 0. The third-order valence-corrected chi connectivity index (χ3v) is 3.20. The Labute approximate surface area is 86.9 Å². The summed E-state index contributed by atoms with van der Waals surface area (Å²) in [4.78, 5) is 4.10. The molecule has 0 fully saturated rings. The first-order chi connectivity index (χ1) is 6.76. The van der Waals surface area contributed by atoms with Crippen LogP contribution in [0.3, 0.4) is 0 Å². The van der Waals surface area contributed by atoms with Gasteiger partial charge >= 0.3 is 0 Å². The van der Waals surface area contributed by atoms with Crippen LogP contribution < -0.4 is 0 Å². The van der Waals surface area contributed by atoms with E-state index in [0.717, 1.165) is 5.01 Å². The number of thiazole rings is 1. The van der Waals surface area contributed by atoms with Gasteiger partial charge in [-0.1, -0.05) is 0 Å². The maximum atomic E-state index is 9.07. The fraction of sp³-hybridized carbons (Fsp3) is 0.667. The van der Waals surface area contributed by atoms with Crippen molar-refractivity contribution < 1.29 is 15.3 Å². The molecule has 1 aromatic rings. The van der Waals surface area contributed by atoms with E-state index in [9.17, 15) is 0 Å². The highest BCUT2D eigenvalue weighted by molar-refractivity contribution is 7.09. The Balaban J connectivity index is 2.48. The molecule has 0 bridgehead atoms. The number of nitrogens with zero attached hydrogens (tertiary/aromatic N) is 1. The van der Waals surface area contributed by atoms with E-state index in [1.54, 1.807) is 6.20 Å². The average molecular weight is 217 g/mol. The van der Waals surface area contributed by atoms with Crippen molar-refractivity contribution in [3.63, 3.8) is 0 Å². The number of hydrogen-bond acceptors (Lipinski definition) is 5. The van der Waals surface area contributed by atoms with Gasteiger partial charge in [-0.15, -0.1) is 11.3 Å². The zero-order chi connectivity index (χ0) is 10.4. The smallest absolute Gasteiger partial charge is 0.0925 e. The van der Waals surface area contributed by atoms with Crippen LogP contribution in [0.2, 0.25) is 0 Å². The second-order valence-electron chi connectivity index (χ2n) is 3.40. The molecule has 0 aromatic carbocycles. The zero-order valence-corrected chi connectivity index (χ0v) is 8.70. The van der Waals surface area contributed by atoms with E-state index < -0.39 is 5.41 Å². The van der Waals surface area contributed by atoms with Crippen molar-refractivity contribution in [1.82, 2.24) is 4.98 Å². The lowest BCUT2D eigenvalue weighted by Crippen LogP contribution is -2.34. The second-order valence-corrected chi connectivity index (χ2v) is 4.38. The summed E-state index contributed by atoms with van der Waals surface area (Å²) in [6.45, 7) is -0.609. The number of rotatable bonds is 6. The fourth-order valence-electron chi connectivity index (χ4n) is 1.14. The van der Waals surface area contributed by atoms with Gasteiger partial charge in [-0.2, -0.15) is 0 Å². The number of aliphatic hydroxyl groups excluding tert-OH is 3. The van der Waals surface area contributed by atoms with Crippen molar-refractivity contribution in [2.45, 2.75) is 12.8 Å². The maximum Gasteiger partial charge on any atom is 0.0925 e. The largest absolute Gasteiger partial charge is 0.396 e. The van der Waals surface area contributed by atoms with Gasteiger partial charge in [0, 0.05) is 23.4 Å². The molecular weight excluding hydrogens is 202 g/mol. The lowest BCUT2D eigenvalue weighted by atomic mass is 9.86.